The SMILES string of the molecule is CCCCCCCCCCCCCCCCCCNC(=O)N1CC(C(N)=O)CCC1CCON(C=O)CCCN(C)C. The molecule has 0 bridgehead atoms. The summed E-state index contributed by atoms with van der Waals surface area (Å²) in [6.45, 7) is 5.00. The molecule has 9 heteroatoms. The molecule has 9 nitrogen and oxygen atoms in total. The Labute approximate surface area is 257 Å². The van der Waals surface area contributed by atoms with Crippen molar-refractivity contribution in [3.05, 3.63) is 0 Å². The Bertz CT molecular complexity index is 693. The third kappa shape index (κ3) is 19.3. The molecule has 0 aliphatic carbocycles. The molecule has 1 aliphatic rings. The van der Waals surface area contributed by atoms with Gasteiger partial charge in [0.05, 0.1) is 12.5 Å². The number of carbonyl (C=O) groups excluding carboxylic acids is 3. The van der Waals surface area contributed by atoms with Crippen molar-refractivity contribution in [3.63, 3.8) is 0 Å². The fourth-order valence-electron chi connectivity index (χ4n) is 5.77. The van der Waals surface area contributed by atoms with Crippen molar-refractivity contribution in [2.75, 3.05) is 46.9 Å². The molecule has 246 valence electrons. The average molecular weight is 596 g/mol. The Morgan fingerprint density at radius 2 is 1.38 bits per heavy atom. The number of amides is 4. The van der Waals surface area contributed by atoms with Crippen molar-refractivity contribution in [2.45, 2.75) is 141 Å². The summed E-state index contributed by atoms with van der Waals surface area (Å²) in [5.74, 6) is -0.672. The molecular formula is C33H65N5O4. The Morgan fingerprint density at radius 1 is 0.833 bits per heavy atom. The molecule has 0 saturated carbocycles. The minimum atomic E-state index is -0.353. The van der Waals surface area contributed by atoms with E-state index in [9.17, 15) is 14.4 Å². The minimum Gasteiger partial charge on any atom is -0.369 e. The maximum Gasteiger partial charge on any atom is 0.317 e. The van der Waals surface area contributed by atoms with E-state index in [0.29, 0.717) is 51.9 Å². The van der Waals surface area contributed by atoms with Gasteiger partial charge < -0.3 is 20.9 Å². The normalized spacial score (nSPS) is 17.0. The number of nitrogens with one attached hydrogen (secondary N) is 1. The van der Waals surface area contributed by atoms with Crippen LogP contribution in [-0.2, 0) is 14.4 Å². The topological polar surface area (TPSA) is 108 Å². The molecule has 0 spiro atoms. The zero-order chi connectivity index (χ0) is 30.8. The number of piperidine rings is 1. The van der Waals surface area contributed by atoms with E-state index in [4.69, 9.17) is 10.6 Å². The van der Waals surface area contributed by atoms with Crippen LogP contribution in [0.5, 0.6) is 0 Å². The van der Waals surface area contributed by atoms with E-state index in [2.05, 4.69) is 17.1 Å². The largest absolute Gasteiger partial charge is 0.369 e. The Hall–Kier alpha value is -1.87. The standard InChI is InChI=1S/C33H65N5O4/c1-4-5-6-7-8-9-10-11-12-13-14-15-16-17-18-19-24-35-33(41)38-28-30(32(34)40)21-22-31(38)23-27-42-37(29-39)26-20-25-36(2)3/h29-31H,4-28H2,1-3H3,(H2,34,40)(H,35,41). The second-order valence-corrected chi connectivity index (χ2v) is 12.5. The fraction of sp³-hybridized carbons (Fsp3) is 0.909. The molecule has 1 rings (SSSR count). The van der Waals surface area contributed by atoms with Crippen LogP contribution in [0.15, 0.2) is 0 Å². The number of likely N-dealkylation sites (tertiary alicyclic amines) is 1. The zero-order valence-corrected chi connectivity index (χ0v) is 27.5. The quantitative estimate of drug-likeness (QED) is 0.0663. The van der Waals surface area contributed by atoms with Gasteiger partial charge in [-0.2, -0.15) is 0 Å². The third-order valence-corrected chi connectivity index (χ3v) is 8.49. The summed E-state index contributed by atoms with van der Waals surface area (Å²) in [5, 5.41) is 4.40. The van der Waals surface area contributed by atoms with Gasteiger partial charge in [-0.3, -0.25) is 14.4 Å². The van der Waals surface area contributed by atoms with Crippen molar-refractivity contribution < 1.29 is 19.2 Å². The zero-order valence-electron chi connectivity index (χ0n) is 27.5. The van der Waals surface area contributed by atoms with E-state index in [1.165, 1.54) is 95.0 Å². The summed E-state index contributed by atoms with van der Waals surface area (Å²) in [7, 11) is 3.99. The van der Waals surface area contributed by atoms with Gasteiger partial charge in [-0.05, 0) is 52.7 Å². The first-order valence-corrected chi connectivity index (χ1v) is 17.2. The van der Waals surface area contributed by atoms with E-state index >= 15 is 0 Å². The van der Waals surface area contributed by atoms with Crippen LogP contribution in [0.1, 0.15) is 135 Å². The summed E-state index contributed by atoms with van der Waals surface area (Å²) in [5.41, 5.74) is 5.57. The maximum atomic E-state index is 13.0. The number of urea groups is 1. The van der Waals surface area contributed by atoms with Gasteiger partial charge in [0, 0.05) is 25.7 Å². The van der Waals surface area contributed by atoms with Crippen molar-refractivity contribution in [1.29, 1.82) is 0 Å². The van der Waals surface area contributed by atoms with Gasteiger partial charge in [-0.15, -0.1) is 0 Å². The van der Waals surface area contributed by atoms with Crippen LogP contribution in [0.4, 0.5) is 4.79 Å². The number of hydrogen-bond acceptors (Lipinski definition) is 5. The average Bonchev–Trinajstić information content (AvgIpc) is 2.97. The second-order valence-electron chi connectivity index (χ2n) is 12.5. The molecule has 0 aromatic carbocycles. The van der Waals surface area contributed by atoms with E-state index in [0.717, 1.165) is 25.8 Å². The van der Waals surface area contributed by atoms with Crippen LogP contribution in [0.3, 0.4) is 0 Å². The lowest BCUT2D eigenvalue weighted by molar-refractivity contribution is -0.174. The van der Waals surface area contributed by atoms with Gasteiger partial charge in [0.15, 0.2) is 0 Å². The molecule has 2 atom stereocenters. The predicted molar refractivity (Wildman–Crippen MR) is 172 cm³/mol. The minimum absolute atomic E-state index is 0.0401. The van der Waals surface area contributed by atoms with Crippen molar-refractivity contribution in [3.8, 4) is 0 Å². The molecule has 3 N–H and O–H groups in total. The van der Waals surface area contributed by atoms with Gasteiger partial charge in [-0.1, -0.05) is 103 Å². The monoisotopic (exact) mass is 596 g/mol. The van der Waals surface area contributed by atoms with Crippen LogP contribution in [0.25, 0.3) is 0 Å². The number of hydroxylamine groups is 2. The summed E-state index contributed by atoms with van der Waals surface area (Å²) >= 11 is 0. The molecule has 1 heterocycles. The smallest absolute Gasteiger partial charge is 0.317 e. The molecule has 0 radical (unpaired) electrons. The van der Waals surface area contributed by atoms with Crippen LogP contribution in [0.2, 0.25) is 0 Å². The second kappa shape index (κ2) is 25.6. The van der Waals surface area contributed by atoms with Crippen LogP contribution in [0, 0.1) is 5.92 Å². The van der Waals surface area contributed by atoms with E-state index in [1.807, 2.05) is 14.1 Å². The van der Waals surface area contributed by atoms with Gasteiger partial charge in [0.25, 0.3) is 0 Å². The van der Waals surface area contributed by atoms with Crippen molar-refractivity contribution in [2.24, 2.45) is 11.7 Å². The lowest BCUT2D eigenvalue weighted by atomic mass is 9.91. The number of rotatable bonds is 27. The lowest BCUT2D eigenvalue weighted by Gasteiger charge is -2.39. The fourth-order valence-corrected chi connectivity index (χ4v) is 5.77. The van der Waals surface area contributed by atoms with Crippen LogP contribution >= 0.6 is 0 Å². The molecule has 1 aliphatic heterocycles. The molecular weight excluding hydrogens is 530 g/mol. The third-order valence-electron chi connectivity index (χ3n) is 8.49. The molecule has 0 aromatic heterocycles. The Balaban J connectivity index is 2.18. The molecule has 4 amide bonds. The Kier molecular flexibility index (Phi) is 23.3. The van der Waals surface area contributed by atoms with Gasteiger partial charge in [0.1, 0.15) is 0 Å². The molecule has 42 heavy (non-hydrogen) atoms. The molecule has 0 aromatic rings. The highest BCUT2D eigenvalue weighted by atomic mass is 16.7. The van der Waals surface area contributed by atoms with Crippen molar-refractivity contribution in [1.82, 2.24) is 20.2 Å². The van der Waals surface area contributed by atoms with Crippen molar-refractivity contribution >= 4 is 18.3 Å². The number of nitrogens with zero attached hydrogens (tertiary/aromatic N) is 3. The van der Waals surface area contributed by atoms with Gasteiger partial charge in [-0.25, -0.2) is 9.86 Å². The first kappa shape index (κ1) is 38.2. The molecule has 1 fully saturated rings. The number of hydrogen-bond donors (Lipinski definition) is 2. The first-order valence-electron chi connectivity index (χ1n) is 17.2. The highest BCUT2D eigenvalue weighted by molar-refractivity contribution is 5.79. The summed E-state index contributed by atoms with van der Waals surface area (Å²) in [4.78, 5) is 45.7. The van der Waals surface area contributed by atoms with E-state index < -0.39 is 0 Å². The molecule has 1 saturated heterocycles. The summed E-state index contributed by atoms with van der Waals surface area (Å²) in [6, 6.07) is -0.174. The van der Waals surface area contributed by atoms with E-state index in [1.54, 1.807) is 4.90 Å². The summed E-state index contributed by atoms with van der Waals surface area (Å²) < 4.78 is 0. The number of unbranched alkanes of at least 4 members (excludes halogenated alkanes) is 15. The highest BCUT2D eigenvalue weighted by Crippen LogP contribution is 2.24. The molecule has 2 unspecified atom stereocenters. The van der Waals surface area contributed by atoms with Crippen LogP contribution < -0.4 is 11.1 Å². The number of primary amides is 1. The summed E-state index contributed by atoms with van der Waals surface area (Å²) in [6.07, 6.45) is 24.7. The van der Waals surface area contributed by atoms with E-state index in [-0.39, 0.29) is 23.9 Å². The first-order chi connectivity index (χ1) is 20.4. The number of nitrogens with two attached hydrogens (primary N) is 1. The van der Waals surface area contributed by atoms with Gasteiger partial charge >= 0.3 is 6.03 Å². The van der Waals surface area contributed by atoms with Gasteiger partial charge in [0.2, 0.25) is 12.3 Å². The predicted octanol–water partition coefficient (Wildman–Crippen LogP) is 6.26. The van der Waals surface area contributed by atoms with Crippen LogP contribution in [-0.4, -0.2) is 86.1 Å². The highest BCUT2D eigenvalue weighted by Gasteiger charge is 2.33. The number of carbonyl (C=O) groups is 3. The lowest BCUT2D eigenvalue weighted by Crippen LogP contribution is -2.53. The maximum absolute atomic E-state index is 13.0. The Morgan fingerprint density at radius 3 is 1.88 bits per heavy atom.